The first-order valence-electron chi connectivity index (χ1n) is 10.5. The fourth-order valence-electron chi connectivity index (χ4n) is 4.34. The van der Waals surface area contributed by atoms with Crippen molar-refractivity contribution in [3.05, 3.63) is 23.2 Å². The zero-order valence-electron chi connectivity index (χ0n) is 16.6. The molecule has 2 aliphatic heterocycles. The molecule has 2 aromatic rings. The van der Waals surface area contributed by atoms with Gasteiger partial charge in [0.25, 0.3) is 0 Å². The van der Waals surface area contributed by atoms with Crippen LogP contribution in [0.5, 0.6) is 11.5 Å². The molecule has 1 aromatic carbocycles. The van der Waals surface area contributed by atoms with Crippen LogP contribution in [0.2, 0.25) is 0 Å². The molecule has 0 unspecified atom stereocenters. The van der Waals surface area contributed by atoms with E-state index in [2.05, 4.69) is 15.5 Å². The van der Waals surface area contributed by atoms with E-state index < -0.39 is 5.92 Å². The number of benzene rings is 1. The molecule has 2 amide bonds. The standard InChI is InChI=1S/C21H24N4O4S/c26-18-10-14(12-25(18)15-6-7-16-17(11-15)29-9-8-28-16)19(27)22-21-24-23-20(30-21)13-4-2-1-3-5-13/h6-7,11,13-14H,1-5,8-10,12H2,(H,22,24,27)/t14-/m1/s1. The molecular weight excluding hydrogens is 404 g/mol. The van der Waals surface area contributed by atoms with Gasteiger partial charge in [0, 0.05) is 30.6 Å². The minimum atomic E-state index is -0.423. The second-order valence-corrected chi connectivity index (χ2v) is 9.01. The molecule has 30 heavy (non-hydrogen) atoms. The SMILES string of the molecule is O=C(Nc1nnc(C2CCCCC2)s1)[C@@H]1CC(=O)N(c2ccc3c(c2)OCCO3)C1. The summed E-state index contributed by atoms with van der Waals surface area (Å²) in [6.45, 7) is 1.34. The number of rotatable bonds is 4. The third kappa shape index (κ3) is 3.86. The summed E-state index contributed by atoms with van der Waals surface area (Å²) in [4.78, 5) is 27.0. The number of carbonyl (C=O) groups excluding carboxylic acids is 2. The van der Waals surface area contributed by atoms with E-state index in [-0.39, 0.29) is 18.2 Å². The molecule has 1 atom stereocenters. The number of ether oxygens (including phenoxy) is 2. The Balaban J connectivity index is 1.23. The van der Waals surface area contributed by atoms with Gasteiger partial charge >= 0.3 is 0 Å². The summed E-state index contributed by atoms with van der Waals surface area (Å²) in [7, 11) is 0. The molecule has 9 heteroatoms. The molecule has 1 aliphatic carbocycles. The van der Waals surface area contributed by atoms with Crippen molar-refractivity contribution in [3.63, 3.8) is 0 Å². The highest BCUT2D eigenvalue weighted by atomic mass is 32.1. The zero-order chi connectivity index (χ0) is 20.5. The van der Waals surface area contributed by atoms with Crippen molar-refractivity contribution < 1.29 is 19.1 Å². The molecule has 1 N–H and O–H groups in total. The molecule has 0 spiro atoms. The Labute approximate surface area is 178 Å². The number of fused-ring (bicyclic) bond motifs is 1. The van der Waals surface area contributed by atoms with Crippen molar-refractivity contribution in [2.45, 2.75) is 44.4 Å². The lowest BCUT2D eigenvalue weighted by molar-refractivity contribution is -0.122. The van der Waals surface area contributed by atoms with E-state index in [0.717, 1.165) is 23.5 Å². The third-order valence-electron chi connectivity index (χ3n) is 5.96. The molecular formula is C21H24N4O4S. The number of aromatic nitrogens is 2. The number of carbonyl (C=O) groups is 2. The highest BCUT2D eigenvalue weighted by molar-refractivity contribution is 7.15. The topological polar surface area (TPSA) is 93.7 Å². The monoisotopic (exact) mass is 428 g/mol. The number of nitrogens with zero attached hydrogens (tertiary/aromatic N) is 3. The van der Waals surface area contributed by atoms with Gasteiger partial charge in [0.1, 0.15) is 18.2 Å². The summed E-state index contributed by atoms with van der Waals surface area (Å²) >= 11 is 1.46. The van der Waals surface area contributed by atoms with Crippen molar-refractivity contribution in [1.29, 1.82) is 0 Å². The van der Waals surface area contributed by atoms with Crippen molar-refractivity contribution in [3.8, 4) is 11.5 Å². The molecule has 0 radical (unpaired) electrons. The van der Waals surface area contributed by atoms with E-state index in [9.17, 15) is 9.59 Å². The number of nitrogens with one attached hydrogen (secondary N) is 1. The smallest absolute Gasteiger partial charge is 0.231 e. The van der Waals surface area contributed by atoms with E-state index in [1.54, 1.807) is 17.0 Å². The normalized spacial score (nSPS) is 21.7. The molecule has 2 fully saturated rings. The molecule has 1 saturated carbocycles. The average Bonchev–Trinajstić information content (AvgIpc) is 3.41. The highest BCUT2D eigenvalue weighted by Crippen LogP contribution is 2.37. The fraction of sp³-hybridized carbons (Fsp3) is 0.524. The molecule has 1 saturated heterocycles. The molecule has 5 rings (SSSR count). The Bertz CT molecular complexity index is 956. The van der Waals surface area contributed by atoms with Crippen molar-refractivity contribution in [2.24, 2.45) is 5.92 Å². The maximum atomic E-state index is 12.8. The van der Waals surface area contributed by atoms with Crippen LogP contribution in [0.15, 0.2) is 18.2 Å². The molecule has 0 bridgehead atoms. The lowest BCUT2D eigenvalue weighted by Crippen LogP contribution is -2.28. The predicted molar refractivity (Wildman–Crippen MR) is 112 cm³/mol. The van der Waals surface area contributed by atoms with Gasteiger partial charge in [-0.05, 0) is 25.0 Å². The number of hydrogen-bond acceptors (Lipinski definition) is 7. The molecule has 3 heterocycles. The van der Waals surface area contributed by atoms with Gasteiger partial charge in [-0.15, -0.1) is 10.2 Å². The Morgan fingerprint density at radius 2 is 1.90 bits per heavy atom. The van der Waals surface area contributed by atoms with Crippen LogP contribution in [0, 0.1) is 5.92 Å². The molecule has 8 nitrogen and oxygen atoms in total. The van der Waals surface area contributed by atoms with E-state index in [1.807, 2.05) is 6.07 Å². The average molecular weight is 429 g/mol. The number of anilines is 2. The summed E-state index contributed by atoms with van der Waals surface area (Å²) in [5.41, 5.74) is 0.718. The maximum Gasteiger partial charge on any atom is 0.231 e. The second-order valence-electron chi connectivity index (χ2n) is 8.00. The number of hydrogen-bond donors (Lipinski definition) is 1. The van der Waals surface area contributed by atoms with Crippen molar-refractivity contribution in [1.82, 2.24) is 10.2 Å². The van der Waals surface area contributed by atoms with E-state index in [1.165, 1.54) is 30.6 Å². The quantitative estimate of drug-likeness (QED) is 0.803. The van der Waals surface area contributed by atoms with Crippen molar-refractivity contribution in [2.75, 3.05) is 30.0 Å². The third-order valence-corrected chi connectivity index (χ3v) is 6.96. The van der Waals surface area contributed by atoms with E-state index >= 15 is 0 Å². The lowest BCUT2D eigenvalue weighted by Gasteiger charge is -2.22. The van der Waals surface area contributed by atoms with Crippen LogP contribution in [-0.4, -0.2) is 41.8 Å². The summed E-state index contributed by atoms with van der Waals surface area (Å²) in [5.74, 6) is 1.08. The Kier molecular flexibility index (Phi) is 5.28. The summed E-state index contributed by atoms with van der Waals surface area (Å²) < 4.78 is 11.1. The van der Waals surface area contributed by atoms with Crippen LogP contribution < -0.4 is 19.7 Å². The zero-order valence-corrected chi connectivity index (χ0v) is 17.5. The first-order chi connectivity index (χ1) is 14.7. The Morgan fingerprint density at radius 1 is 1.10 bits per heavy atom. The summed E-state index contributed by atoms with van der Waals surface area (Å²) in [5, 5.41) is 12.8. The minimum absolute atomic E-state index is 0.0769. The summed E-state index contributed by atoms with van der Waals surface area (Å²) in [6.07, 6.45) is 6.20. The van der Waals surface area contributed by atoms with Crippen LogP contribution in [-0.2, 0) is 9.59 Å². The Hall–Kier alpha value is -2.68. The van der Waals surface area contributed by atoms with Gasteiger partial charge in [-0.25, -0.2) is 0 Å². The summed E-state index contributed by atoms with van der Waals surface area (Å²) in [6, 6.07) is 5.43. The fourth-order valence-corrected chi connectivity index (χ4v) is 5.26. The van der Waals surface area contributed by atoms with Gasteiger partial charge < -0.3 is 19.7 Å². The van der Waals surface area contributed by atoms with Gasteiger partial charge in [0.2, 0.25) is 16.9 Å². The van der Waals surface area contributed by atoms with Crippen LogP contribution in [0.3, 0.4) is 0 Å². The first-order valence-corrected chi connectivity index (χ1v) is 11.3. The van der Waals surface area contributed by atoms with Gasteiger partial charge in [-0.2, -0.15) is 0 Å². The number of amides is 2. The maximum absolute atomic E-state index is 12.8. The van der Waals surface area contributed by atoms with Gasteiger partial charge in [0.05, 0.1) is 5.92 Å². The lowest BCUT2D eigenvalue weighted by atomic mass is 9.90. The molecule has 158 valence electrons. The largest absolute Gasteiger partial charge is 0.486 e. The Morgan fingerprint density at radius 3 is 2.73 bits per heavy atom. The van der Waals surface area contributed by atoms with Crippen LogP contribution in [0.1, 0.15) is 49.5 Å². The first kappa shape index (κ1) is 19.3. The van der Waals surface area contributed by atoms with Gasteiger partial charge in [-0.1, -0.05) is 30.6 Å². The van der Waals surface area contributed by atoms with Gasteiger partial charge in [-0.3, -0.25) is 9.59 Å². The molecule has 1 aromatic heterocycles. The van der Waals surface area contributed by atoms with Crippen LogP contribution >= 0.6 is 11.3 Å². The van der Waals surface area contributed by atoms with E-state index in [4.69, 9.17) is 9.47 Å². The molecule has 3 aliphatic rings. The van der Waals surface area contributed by atoms with E-state index in [0.29, 0.717) is 42.3 Å². The van der Waals surface area contributed by atoms with Crippen LogP contribution in [0.4, 0.5) is 10.8 Å². The predicted octanol–water partition coefficient (Wildman–Crippen LogP) is 3.35. The van der Waals surface area contributed by atoms with Crippen molar-refractivity contribution >= 4 is 34.0 Å². The minimum Gasteiger partial charge on any atom is -0.486 e. The van der Waals surface area contributed by atoms with Crippen LogP contribution in [0.25, 0.3) is 0 Å². The van der Waals surface area contributed by atoms with Gasteiger partial charge in [0.15, 0.2) is 11.5 Å². The second kappa shape index (κ2) is 8.22. The highest BCUT2D eigenvalue weighted by Gasteiger charge is 2.36.